The van der Waals surface area contributed by atoms with Crippen LogP contribution < -0.4 is 0 Å². The monoisotopic (exact) mass is 235 g/mol. The van der Waals surface area contributed by atoms with Gasteiger partial charge in [0, 0.05) is 16.1 Å². The van der Waals surface area contributed by atoms with E-state index in [9.17, 15) is 0 Å². The van der Waals surface area contributed by atoms with Crippen molar-refractivity contribution in [3.8, 4) is 0 Å². The summed E-state index contributed by atoms with van der Waals surface area (Å²) in [6.45, 7) is 1.98. The Kier molecular flexibility index (Phi) is 2.23. The van der Waals surface area contributed by atoms with Crippen LogP contribution in [0.5, 0.6) is 0 Å². The second-order valence-electron chi connectivity index (χ2n) is 3.83. The molecule has 3 rings (SSSR count). The van der Waals surface area contributed by atoms with E-state index < -0.39 is 0 Å². The lowest BCUT2D eigenvalue weighted by Crippen LogP contribution is -2.01. The van der Waals surface area contributed by atoms with Crippen LogP contribution in [-0.4, -0.2) is 5.16 Å². The van der Waals surface area contributed by atoms with Gasteiger partial charge in [0.25, 0.3) is 0 Å². The Bertz CT molecular complexity index is 523. The molecule has 1 aromatic heterocycles. The quantitative estimate of drug-likeness (QED) is 0.759. The molecule has 82 valence electrons. The van der Waals surface area contributed by atoms with Crippen LogP contribution in [0.2, 0.25) is 5.02 Å². The Labute approximate surface area is 98.0 Å². The summed E-state index contributed by atoms with van der Waals surface area (Å²) >= 11 is 6.15. The maximum atomic E-state index is 6.15. The van der Waals surface area contributed by atoms with Gasteiger partial charge in [0.15, 0.2) is 0 Å². The second kappa shape index (κ2) is 3.61. The normalized spacial score (nSPS) is 23.4. The zero-order valence-electron chi connectivity index (χ0n) is 8.68. The maximum Gasteiger partial charge on any atom is 0.131 e. The summed E-state index contributed by atoms with van der Waals surface area (Å²) < 4.78 is 10.8. The van der Waals surface area contributed by atoms with Crippen molar-refractivity contribution in [1.82, 2.24) is 5.16 Å². The number of benzene rings is 1. The van der Waals surface area contributed by atoms with Gasteiger partial charge in [-0.25, -0.2) is 0 Å². The van der Waals surface area contributed by atoms with Gasteiger partial charge in [0.05, 0.1) is 6.10 Å². The molecule has 0 spiro atoms. The Morgan fingerprint density at radius 3 is 2.88 bits per heavy atom. The van der Waals surface area contributed by atoms with Crippen molar-refractivity contribution in [3.63, 3.8) is 0 Å². The van der Waals surface area contributed by atoms with E-state index >= 15 is 0 Å². The van der Waals surface area contributed by atoms with E-state index in [-0.39, 0.29) is 12.2 Å². The molecule has 2 atom stereocenters. The SMILES string of the molecule is CC1OC(c2ccccc2Cl)c2nocc21. The number of aromatic nitrogens is 1. The number of halogens is 1. The Morgan fingerprint density at radius 2 is 2.06 bits per heavy atom. The molecule has 2 aromatic rings. The summed E-state index contributed by atoms with van der Waals surface area (Å²) in [6, 6.07) is 7.63. The van der Waals surface area contributed by atoms with Gasteiger partial charge in [-0.05, 0) is 13.0 Å². The maximum absolute atomic E-state index is 6.15. The highest BCUT2D eigenvalue weighted by atomic mass is 35.5. The molecule has 1 aliphatic heterocycles. The van der Waals surface area contributed by atoms with Gasteiger partial charge in [-0.2, -0.15) is 0 Å². The smallest absolute Gasteiger partial charge is 0.131 e. The molecule has 1 aromatic carbocycles. The topological polar surface area (TPSA) is 35.3 Å². The first kappa shape index (κ1) is 9.87. The van der Waals surface area contributed by atoms with Gasteiger partial charge in [0.1, 0.15) is 18.1 Å². The van der Waals surface area contributed by atoms with Crippen LogP contribution in [0.15, 0.2) is 35.1 Å². The number of ether oxygens (including phenoxy) is 1. The summed E-state index contributed by atoms with van der Waals surface area (Å²) in [5, 5.41) is 4.68. The van der Waals surface area contributed by atoms with E-state index in [1.807, 2.05) is 31.2 Å². The highest BCUT2D eigenvalue weighted by Crippen LogP contribution is 2.43. The molecule has 16 heavy (non-hydrogen) atoms. The minimum absolute atomic E-state index is 0.00234. The lowest BCUT2D eigenvalue weighted by molar-refractivity contribution is 0.0395. The molecule has 0 radical (unpaired) electrons. The van der Waals surface area contributed by atoms with Crippen LogP contribution in [0.25, 0.3) is 0 Å². The van der Waals surface area contributed by atoms with Crippen LogP contribution in [0.4, 0.5) is 0 Å². The molecule has 0 fully saturated rings. The van der Waals surface area contributed by atoms with Gasteiger partial charge in [-0.3, -0.25) is 0 Å². The summed E-state index contributed by atoms with van der Waals surface area (Å²) in [5.41, 5.74) is 2.77. The minimum atomic E-state index is -0.211. The van der Waals surface area contributed by atoms with Gasteiger partial charge >= 0.3 is 0 Å². The fourth-order valence-electron chi connectivity index (χ4n) is 2.01. The highest BCUT2D eigenvalue weighted by Gasteiger charge is 2.34. The summed E-state index contributed by atoms with van der Waals surface area (Å²) in [4.78, 5) is 0. The van der Waals surface area contributed by atoms with E-state index in [4.69, 9.17) is 20.9 Å². The van der Waals surface area contributed by atoms with Crippen molar-refractivity contribution in [2.24, 2.45) is 0 Å². The first-order valence-electron chi connectivity index (χ1n) is 5.11. The number of hydrogen-bond acceptors (Lipinski definition) is 3. The first-order chi connectivity index (χ1) is 7.77. The first-order valence-corrected chi connectivity index (χ1v) is 5.49. The number of rotatable bonds is 1. The van der Waals surface area contributed by atoms with E-state index in [1.54, 1.807) is 6.26 Å². The zero-order valence-corrected chi connectivity index (χ0v) is 9.44. The molecule has 0 saturated heterocycles. The summed E-state index contributed by atoms with van der Waals surface area (Å²) in [6.07, 6.45) is 1.43. The third-order valence-corrected chi connectivity index (χ3v) is 3.18. The van der Waals surface area contributed by atoms with Crippen molar-refractivity contribution >= 4 is 11.6 Å². The predicted octanol–water partition coefficient (Wildman–Crippen LogP) is 3.51. The molecule has 0 amide bonds. The fraction of sp³-hybridized carbons (Fsp3) is 0.250. The van der Waals surface area contributed by atoms with Crippen LogP contribution in [0.3, 0.4) is 0 Å². The van der Waals surface area contributed by atoms with Gasteiger partial charge in [-0.1, -0.05) is 35.0 Å². The molecular formula is C12H10ClNO2. The standard InChI is InChI=1S/C12H10ClNO2/c1-7-9-6-15-14-11(9)12(16-7)8-4-2-3-5-10(8)13/h2-7,12H,1H3. The van der Waals surface area contributed by atoms with Crippen molar-refractivity contribution in [3.05, 3.63) is 52.4 Å². The third-order valence-electron chi connectivity index (χ3n) is 2.84. The highest BCUT2D eigenvalue weighted by molar-refractivity contribution is 6.31. The molecule has 2 unspecified atom stereocenters. The largest absolute Gasteiger partial charge is 0.364 e. The molecule has 0 N–H and O–H groups in total. The third kappa shape index (κ3) is 1.36. The molecule has 0 bridgehead atoms. The van der Waals surface area contributed by atoms with Crippen LogP contribution in [0.1, 0.15) is 36.0 Å². The minimum Gasteiger partial charge on any atom is -0.364 e. The van der Waals surface area contributed by atoms with E-state index in [0.29, 0.717) is 5.02 Å². The van der Waals surface area contributed by atoms with E-state index in [1.165, 1.54) is 0 Å². The Hall–Kier alpha value is -1.32. The Morgan fingerprint density at radius 1 is 1.25 bits per heavy atom. The van der Waals surface area contributed by atoms with Gasteiger partial charge < -0.3 is 9.26 Å². The lowest BCUT2D eigenvalue weighted by Gasteiger charge is -2.12. The van der Waals surface area contributed by atoms with Crippen LogP contribution in [0, 0.1) is 0 Å². The van der Waals surface area contributed by atoms with Crippen LogP contribution in [-0.2, 0) is 4.74 Å². The summed E-state index contributed by atoms with van der Waals surface area (Å²) in [7, 11) is 0. The fourth-order valence-corrected chi connectivity index (χ4v) is 2.24. The summed E-state index contributed by atoms with van der Waals surface area (Å²) in [5.74, 6) is 0. The van der Waals surface area contributed by atoms with Gasteiger partial charge in [-0.15, -0.1) is 0 Å². The predicted molar refractivity (Wildman–Crippen MR) is 59.3 cm³/mol. The average molecular weight is 236 g/mol. The molecule has 3 nitrogen and oxygen atoms in total. The number of fused-ring (bicyclic) bond motifs is 1. The number of nitrogens with zero attached hydrogens (tertiary/aromatic N) is 1. The van der Waals surface area contributed by atoms with Gasteiger partial charge in [0.2, 0.25) is 0 Å². The second-order valence-corrected chi connectivity index (χ2v) is 4.24. The number of hydrogen-bond donors (Lipinski definition) is 0. The van der Waals surface area contributed by atoms with Crippen molar-refractivity contribution in [1.29, 1.82) is 0 Å². The van der Waals surface area contributed by atoms with Crippen molar-refractivity contribution < 1.29 is 9.26 Å². The van der Waals surface area contributed by atoms with E-state index in [0.717, 1.165) is 16.8 Å². The molecule has 4 heteroatoms. The molecule has 0 aliphatic carbocycles. The molecular weight excluding hydrogens is 226 g/mol. The van der Waals surface area contributed by atoms with Crippen LogP contribution >= 0.6 is 11.6 Å². The lowest BCUT2D eigenvalue weighted by atomic mass is 10.1. The molecule has 1 aliphatic rings. The van der Waals surface area contributed by atoms with E-state index in [2.05, 4.69) is 5.16 Å². The van der Waals surface area contributed by atoms with Crippen molar-refractivity contribution in [2.75, 3.05) is 0 Å². The Balaban J connectivity index is 2.09. The zero-order chi connectivity index (χ0) is 11.1. The van der Waals surface area contributed by atoms with Crippen molar-refractivity contribution in [2.45, 2.75) is 19.1 Å². The average Bonchev–Trinajstić information content (AvgIpc) is 2.84. The molecule has 2 heterocycles. The molecule has 0 saturated carbocycles.